The van der Waals surface area contributed by atoms with E-state index < -0.39 is 0 Å². The molecule has 20 heavy (non-hydrogen) atoms. The van der Waals surface area contributed by atoms with Gasteiger partial charge in [-0.25, -0.2) is 0 Å². The monoisotopic (exact) mass is 336 g/mol. The number of amides is 1. The number of nitrogens with one attached hydrogen (secondary N) is 1. The largest absolute Gasteiger partial charge is 0.491 e. The molecule has 2 aromatic rings. The number of benzene rings is 1. The number of hydrogen-bond acceptors (Lipinski definition) is 3. The van der Waals surface area contributed by atoms with Crippen molar-refractivity contribution in [2.75, 3.05) is 12.4 Å². The summed E-state index contributed by atoms with van der Waals surface area (Å²) in [5.74, 6) is -0.151. The number of ether oxygens (including phenoxy) is 1. The van der Waals surface area contributed by atoms with Gasteiger partial charge >= 0.3 is 0 Å². The van der Waals surface area contributed by atoms with Crippen LogP contribution in [0.5, 0.6) is 5.75 Å². The van der Waals surface area contributed by atoms with Gasteiger partial charge in [0.2, 0.25) is 5.43 Å². The number of halogens is 1. The van der Waals surface area contributed by atoms with E-state index in [9.17, 15) is 9.59 Å². The summed E-state index contributed by atoms with van der Waals surface area (Å²) in [5.41, 5.74) is 0.590. The van der Waals surface area contributed by atoms with Gasteiger partial charge in [0.25, 0.3) is 5.91 Å². The number of carbonyl (C=O) groups excluding carboxylic acids is 1. The number of pyridine rings is 1. The molecule has 0 aliphatic heterocycles. The Kier molecular flexibility index (Phi) is 4.24. The molecule has 5 nitrogen and oxygen atoms in total. The number of anilines is 1. The third-order valence-electron chi connectivity index (χ3n) is 2.76. The maximum absolute atomic E-state index is 12.1. The number of methoxy groups -OCH3 is 1. The molecule has 0 aliphatic carbocycles. The van der Waals surface area contributed by atoms with E-state index in [-0.39, 0.29) is 22.8 Å². The molecule has 6 heteroatoms. The Morgan fingerprint density at radius 2 is 1.95 bits per heavy atom. The second kappa shape index (κ2) is 5.92. The van der Waals surface area contributed by atoms with Crippen molar-refractivity contribution in [2.45, 2.75) is 0 Å². The lowest BCUT2D eigenvalue weighted by molar-refractivity contribution is 0.101. The van der Waals surface area contributed by atoms with Gasteiger partial charge < -0.3 is 14.6 Å². The van der Waals surface area contributed by atoms with Crippen molar-refractivity contribution < 1.29 is 9.53 Å². The average molecular weight is 337 g/mol. The summed E-state index contributed by atoms with van der Waals surface area (Å²) >= 11 is 3.32. The van der Waals surface area contributed by atoms with Crippen molar-refractivity contribution in [2.24, 2.45) is 7.05 Å². The van der Waals surface area contributed by atoms with Crippen molar-refractivity contribution in [3.63, 3.8) is 0 Å². The molecule has 0 atom stereocenters. The topological polar surface area (TPSA) is 60.3 Å². The maximum Gasteiger partial charge on any atom is 0.272 e. The Bertz CT molecular complexity index is 693. The fourth-order valence-corrected chi connectivity index (χ4v) is 1.98. The van der Waals surface area contributed by atoms with Crippen molar-refractivity contribution in [3.8, 4) is 5.75 Å². The first-order chi connectivity index (χ1) is 9.51. The van der Waals surface area contributed by atoms with Gasteiger partial charge in [-0.2, -0.15) is 0 Å². The predicted octanol–water partition coefficient (Wildman–Crippen LogP) is 2.41. The smallest absolute Gasteiger partial charge is 0.272 e. The van der Waals surface area contributed by atoms with Crippen molar-refractivity contribution in [1.29, 1.82) is 0 Å². The minimum atomic E-state index is -0.352. The molecule has 0 aliphatic rings. The van der Waals surface area contributed by atoms with E-state index in [4.69, 9.17) is 4.74 Å². The molecule has 1 N–H and O–H groups in total. The lowest BCUT2D eigenvalue weighted by Crippen LogP contribution is -2.21. The Labute approximate surface area is 124 Å². The Morgan fingerprint density at radius 1 is 1.30 bits per heavy atom. The first-order valence-corrected chi connectivity index (χ1v) is 6.62. The molecule has 0 spiro atoms. The Hall–Kier alpha value is -2.08. The number of carbonyl (C=O) groups is 1. The molecule has 104 valence electrons. The van der Waals surface area contributed by atoms with Gasteiger partial charge in [-0.05, 0) is 24.3 Å². The summed E-state index contributed by atoms with van der Waals surface area (Å²) in [6, 6.07) is 8.44. The molecular weight excluding hydrogens is 324 g/mol. The van der Waals surface area contributed by atoms with Gasteiger partial charge in [0.05, 0.1) is 13.3 Å². The average Bonchev–Trinajstić information content (AvgIpc) is 2.43. The predicted molar refractivity (Wildman–Crippen MR) is 80.3 cm³/mol. The first kappa shape index (κ1) is 14.3. The molecule has 1 amide bonds. The Balaban J connectivity index is 2.27. The van der Waals surface area contributed by atoms with Crippen molar-refractivity contribution >= 4 is 27.5 Å². The van der Waals surface area contributed by atoms with Gasteiger partial charge in [-0.3, -0.25) is 9.59 Å². The molecule has 0 radical (unpaired) electrons. The van der Waals surface area contributed by atoms with Crippen LogP contribution in [0.25, 0.3) is 0 Å². The van der Waals surface area contributed by atoms with Gasteiger partial charge in [0.1, 0.15) is 5.69 Å². The van der Waals surface area contributed by atoms with Gasteiger partial charge in [0.15, 0.2) is 5.75 Å². The van der Waals surface area contributed by atoms with E-state index in [1.165, 1.54) is 19.4 Å². The van der Waals surface area contributed by atoms with E-state index in [0.717, 1.165) is 4.47 Å². The van der Waals surface area contributed by atoms with Crippen LogP contribution in [0.2, 0.25) is 0 Å². The third-order valence-corrected chi connectivity index (χ3v) is 3.28. The highest BCUT2D eigenvalue weighted by Gasteiger charge is 2.12. The normalized spacial score (nSPS) is 10.2. The van der Waals surface area contributed by atoms with Crippen LogP contribution in [0.3, 0.4) is 0 Å². The van der Waals surface area contributed by atoms with Crippen LogP contribution in [-0.4, -0.2) is 17.6 Å². The third kappa shape index (κ3) is 3.08. The van der Waals surface area contributed by atoms with Crippen LogP contribution >= 0.6 is 15.9 Å². The summed E-state index contributed by atoms with van der Waals surface area (Å²) in [6.07, 6.45) is 1.48. The molecule has 1 aromatic carbocycles. The van der Waals surface area contributed by atoms with Gasteiger partial charge in [0, 0.05) is 23.3 Å². The standard InChI is InChI=1S/C14H13BrN2O3/c1-17-8-13(20-2)12(18)7-11(17)14(19)16-10-5-3-9(15)4-6-10/h3-8H,1-2H3,(H,16,19). The molecule has 0 fully saturated rings. The van der Waals surface area contributed by atoms with E-state index in [0.29, 0.717) is 5.69 Å². The fourth-order valence-electron chi connectivity index (χ4n) is 1.71. The molecule has 0 bridgehead atoms. The van der Waals surface area contributed by atoms with E-state index >= 15 is 0 Å². The second-order valence-corrected chi connectivity index (χ2v) is 5.08. The number of aryl methyl sites for hydroxylation is 1. The highest BCUT2D eigenvalue weighted by atomic mass is 79.9. The molecule has 1 heterocycles. The molecule has 1 aromatic heterocycles. The maximum atomic E-state index is 12.1. The minimum Gasteiger partial charge on any atom is -0.491 e. The van der Waals surface area contributed by atoms with Crippen LogP contribution in [0.1, 0.15) is 10.5 Å². The van der Waals surface area contributed by atoms with Gasteiger partial charge in [-0.1, -0.05) is 15.9 Å². The van der Waals surface area contributed by atoms with E-state index in [1.54, 1.807) is 23.7 Å². The number of aromatic nitrogens is 1. The number of hydrogen-bond donors (Lipinski definition) is 1. The van der Waals surface area contributed by atoms with E-state index in [2.05, 4.69) is 21.2 Å². The highest BCUT2D eigenvalue weighted by molar-refractivity contribution is 9.10. The first-order valence-electron chi connectivity index (χ1n) is 5.83. The van der Waals surface area contributed by atoms with Crippen molar-refractivity contribution in [1.82, 2.24) is 4.57 Å². The molecule has 0 saturated heterocycles. The van der Waals surface area contributed by atoms with Gasteiger partial charge in [-0.15, -0.1) is 0 Å². The summed E-state index contributed by atoms with van der Waals surface area (Å²) in [4.78, 5) is 23.8. The fraction of sp³-hybridized carbons (Fsp3) is 0.143. The summed E-state index contributed by atoms with van der Waals surface area (Å²) in [7, 11) is 3.09. The van der Waals surface area contributed by atoms with Crippen LogP contribution in [0.4, 0.5) is 5.69 Å². The number of rotatable bonds is 3. The van der Waals surface area contributed by atoms with Crippen LogP contribution in [-0.2, 0) is 7.05 Å². The van der Waals surface area contributed by atoms with Crippen LogP contribution in [0, 0.1) is 0 Å². The molecule has 0 unspecified atom stereocenters. The molecule has 2 rings (SSSR count). The Morgan fingerprint density at radius 3 is 2.55 bits per heavy atom. The van der Waals surface area contributed by atoms with Crippen molar-refractivity contribution in [3.05, 3.63) is 56.9 Å². The molecular formula is C14H13BrN2O3. The quantitative estimate of drug-likeness (QED) is 0.936. The summed E-state index contributed by atoms with van der Waals surface area (Å²) in [5, 5.41) is 2.73. The minimum absolute atomic E-state index is 0.202. The zero-order valence-electron chi connectivity index (χ0n) is 11.0. The highest BCUT2D eigenvalue weighted by Crippen LogP contribution is 2.15. The lowest BCUT2D eigenvalue weighted by atomic mass is 10.2. The zero-order valence-corrected chi connectivity index (χ0v) is 12.6. The van der Waals surface area contributed by atoms with Crippen LogP contribution < -0.4 is 15.5 Å². The second-order valence-electron chi connectivity index (χ2n) is 4.16. The SMILES string of the molecule is COc1cn(C)c(C(=O)Nc2ccc(Br)cc2)cc1=O. The lowest BCUT2D eigenvalue weighted by Gasteiger charge is -2.10. The number of nitrogens with zero attached hydrogens (tertiary/aromatic N) is 1. The molecule has 0 saturated carbocycles. The van der Waals surface area contributed by atoms with Crippen LogP contribution in [0.15, 0.2) is 45.8 Å². The summed E-state index contributed by atoms with van der Waals surface area (Å²) in [6.45, 7) is 0. The summed E-state index contributed by atoms with van der Waals surface area (Å²) < 4.78 is 7.40. The zero-order chi connectivity index (χ0) is 14.7. The van der Waals surface area contributed by atoms with E-state index in [1.807, 2.05) is 12.1 Å².